The SMILES string of the molecule is CC(Cc1c(F)cccc1F)NC(=O)C(F)(F)C(F)F. The van der Waals surface area contributed by atoms with E-state index in [0.717, 1.165) is 18.2 Å². The first kappa shape index (κ1) is 16.3. The molecule has 1 unspecified atom stereocenters. The average molecular weight is 299 g/mol. The number of nitrogens with one attached hydrogen (secondary N) is 1. The van der Waals surface area contributed by atoms with E-state index in [-0.39, 0.29) is 0 Å². The molecule has 112 valence electrons. The Labute approximate surface area is 110 Å². The van der Waals surface area contributed by atoms with Gasteiger partial charge in [0.25, 0.3) is 5.91 Å². The minimum absolute atomic E-state index is 0.416. The molecule has 0 aromatic heterocycles. The summed E-state index contributed by atoms with van der Waals surface area (Å²) in [6, 6.07) is 1.89. The molecule has 2 nitrogen and oxygen atoms in total. The van der Waals surface area contributed by atoms with Gasteiger partial charge in [0.2, 0.25) is 0 Å². The second kappa shape index (κ2) is 6.15. The van der Waals surface area contributed by atoms with E-state index in [1.807, 2.05) is 0 Å². The van der Waals surface area contributed by atoms with Crippen LogP contribution in [0.2, 0.25) is 0 Å². The van der Waals surface area contributed by atoms with Gasteiger partial charge in [-0.3, -0.25) is 4.79 Å². The van der Waals surface area contributed by atoms with Crippen LogP contribution in [0, 0.1) is 11.6 Å². The first-order valence-corrected chi connectivity index (χ1v) is 5.56. The molecule has 20 heavy (non-hydrogen) atoms. The minimum Gasteiger partial charge on any atom is -0.348 e. The average Bonchev–Trinajstić information content (AvgIpc) is 2.33. The van der Waals surface area contributed by atoms with E-state index in [9.17, 15) is 31.1 Å². The monoisotopic (exact) mass is 299 g/mol. The highest BCUT2D eigenvalue weighted by Gasteiger charge is 2.49. The first-order valence-electron chi connectivity index (χ1n) is 5.56. The molecule has 1 amide bonds. The molecule has 0 saturated carbocycles. The normalized spacial score (nSPS) is 13.4. The van der Waals surface area contributed by atoms with Crippen molar-refractivity contribution in [3.63, 3.8) is 0 Å². The van der Waals surface area contributed by atoms with Crippen LogP contribution in [0.4, 0.5) is 26.3 Å². The van der Waals surface area contributed by atoms with Crippen molar-refractivity contribution < 1.29 is 31.1 Å². The zero-order chi connectivity index (χ0) is 15.5. The van der Waals surface area contributed by atoms with Crippen molar-refractivity contribution in [2.24, 2.45) is 0 Å². The van der Waals surface area contributed by atoms with Gasteiger partial charge in [-0.15, -0.1) is 0 Å². The molecule has 0 spiro atoms. The fraction of sp³-hybridized carbons (Fsp3) is 0.417. The van der Waals surface area contributed by atoms with Gasteiger partial charge >= 0.3 is 12.3 Å². The molecule has 0 aliphatic carbocycles. The van der Waals surface area contributed by atoms with Gasteiger partial charge < -0.3 is 5.32 Å². The second-order valence-electron chi connectivity index (χ2n) is 4.20. The number of carbonyl (C=O) groups is 1. The van der Waals surface area contributed by atoms with Crippen molar-refractivity contribution in [2.45, 2.75) is 31.7 Å². The predicted octanol–water partition coefficient (Wildman–Crippen LogP) is 2.91. The minimum atomic E-state index is -4.85. The molecule has 1 N–H and O–H groups in total. The van der Waals surface area contributed by atoms with Gasteiger partial charge in [-0.1, -0.05) is 6.07 Å². The Hall–Kier alpha value is -1.73. The molecule has 1 atom stereocenters. The van der Waals surface area contributed by atoms with Crippen molar-refractivity contribution in [3.05, 3.63) is 35.4 Å². The first-order chi connectivity index (χ1) is 9.16. The number of alkyl halides is 4. The van der Waals surface area contributed by atoms with Crippen molar-refractivity contribution in [2.75, 3.05) is 0 Å². The molecule has 0 fully saturated rings. The van der Waals surface area contributed by atoms with Crippen LogP contribution in [0.3, 0.4) is 0 Å². The summed E-state index contributed by atoms with van der Waals surface area (Å²) in [5.74, 6) is -8.85. The lowest BCUT2D eigenvalue weighted by molar-refractivity contribution is -0.170. The highest BCUT2D eigenvalue weighted by Crippen LogP contribution is 2.23. The third-order valence-electron chi connectivity index (χ3n) is 2.53. The molecule has 0 heterocycles. The van der Waals surface area contributed by atoms with Crippen LogP contribution in [-0.2, 0) is 11.2 Å². The van der Waals surface area contributed by atoms with Gasteiger partial charge in [0.05, 0.1) is 0 Å². The van der Waals surface area contributed by atoms with Gasteiger partial charge in [0.1, 0.15) is 11.6 Å². The predicted molar refractivity (Wildman–Crippen MR) is 58.6 cm³/mol. The Bertz CT molecular complexity index is 471. The summed E-state index contributed by atoms with van der Waals surface area (Å²) in [5.41, 5.74) is -0.416. The molecule has 1 aromatic rings. The van der Waals surface area contributed by atoms with Crippen molar-refractivity contribution in [1.82, 2.24) is 5.32 Å². The third kappa shape index (κ3) is 3.64. The van der Waals surface area contributed by atoms with E-state index in [4.69, 9.17) is 0 Å². The lowest BCUT2D eigenvalue weighted by atomic mass is 10.1. The number of benzene rings is 1. The maximum atomic E-state index is 13.3. The molecule has 0 radical (unpaired) electrons. The van der Waals surface area contributed by atoms with Crippen LogP contribution in [0.25, 0.3) is 0 Å². The molecule has 1 rings (SSSR count). The summed E-state index contributed by atoms with van der Waals surface area (Å²) < 4.78 is 75.8. The van der Waals surface area contributed by atoms with Gasteiger partial charge in [0.15, 0.2) is 0 Å². The summed E-state index contributed by atoms with van der Waals surface area (Å²) >= 11 is 0. The lowest BCUT2D eigenvalue weighted by Crippen LogP contribution is -2.48. The Morgan fingerprint density at radius 2 is 1.75 bits per heavy atom. The summed E-state index contributed by atoms with van der Waals surface area (Å²) in [4.78, 5) is 10.9. The highest BCUT2D eigenvalue weighted by atomic mass is 19.3. The highest BCUT2D eigenvalue weighted by molar-refractivity contribution is 5.84. The number of hydrogen-bond acceptors (Lipinski definition) is 1. The molecule has 8 heteroatoms. The molecule has 0 aliphatic heterocycles. The number of rotatable bonds is 5. The summed E-state index contributed by atoms with van der Waals surface area (Å²) in [5, 5.41) is 1.60. The summed E-state index contributed by atoms with van der Waals surface area (Å²) in [7, 11) is 0. The third-order valence-corrected chi connectivity index (χ3v) is 2.53. The van der Waals surface area contributed by atoms with E-state index in [2.05, 4.69) is 0 Å². The number of halogens is 6. The summed E-state index contributed by atoms with van der Waals surface area (Å²) in [6.45, 7) is 1.17. The number of hydrogen-bond donors (Lipinski definition) is 1. The maximum absolute atomic E-state index is 13.3. The van der Waals surface area contributed by atoms with Crippen molar-refractivity contribution in [1.29, 1.82) is 0 Å². The van der Waals surface area contributed by atoms with Crippen LogP contribution in [0.5, 0.6) is 0 Å². The lowest BCUT2D eigenvalue weighted by Gasteiger charge is -2.19. The van der Waals surface area contributed by atoms with E-state index >= 15 is 0 Å². The van der Waals surface area contributed by atoms with Gasteiger partial charge in [-0.25, -0.2) is 17.6 Å². The maximum Gasteiger partial charge on any atom is 0.383 e. The smallest absolute Gasteiger partial charge is 0.348 e. The van der Waals surface area contributed by atoms with Crippen LogP contribution >= 0.6 is 0 Å². The Morgan fingerprint density at radius 1 is 1.25 bits per heavy atom. The molecule has 0 aliphatic rings. The van der Waals surface area contributed by atoms with Gasteiger partial charge in [0, 0.05) is 11.6 Å². The molecular weight excluding hydrogens is 288 g/mol. The number of amides is 1. The van der Waals surface area contributed by atoms with E-state index < -0.39 is 47.9 Å². The number of carbonyl (C=O) groups excluding carboxylic acids is 1. The Kier molecular flexibility index (Phi) is 5.02. The molecule has 0 saturated heterocycles. The molecule has 1 aromatic carbocycles. The molecular formula is C12H11F6NO. The standard InChI is InChI=1S/C12H11F6NO/c1-6(19-11(20)12(17,18)10(15)16)5-7-8(13)3-2-4-9(7)14/h2-4,6,10H,5H2,1H3,(H,19,20). The summed E-state index contributed by atoms with van der Waals surface area (Å²) in [6.07, 6.45) is -4.59. The van der Waals surface area contributed by atoms with Crippen LogP contribution in [0.1, 0.15) is 12.5 Å². The van der Waals surface area contributed by atoms with E-state index in [0.29, 0.717) is 0 Å². The molecule has 0 bridgehead atoms. The van der Waals surface area contributed by atoms with Gasteiger partial charge in [-0.05, 0) is 25.5 Å². The fourth-order valence-corrected chi connectivity index (χ4v) is 1.50. The topological polar surface area (TPSA) is 29.1 Å². The largest absolute Gasteiger partial charge is 0.383 e. The van der Waals surface area contributed by atoms with Crippen molar-refractivity contribution >= 4 is 5.91 Å². The quantitative estimate of drug-likeness (QED) is 0.832. The van der Waals surface area contributed by atoms with Gasteiger partial charge in [-0.2, -0.15) is 8.78 Å². The van der Waals surface area contributed by atoms with Crippen LogP contribution in [-0.4, -0.2) is 24.3 Å². The zero-order valence-corrected chi connectivity index (χ0v) is 10.3. The zero-order valence-electron chi connectivity index (χ0n) is 10.3. The fourth-order valence-electron chi connectivity index (χ4n) is 1.50. The van der Waals surface area contributed by atoms with E-state index in [1.54, 1.807) is 5.32 Å². The second-order valence-corrected chi connectivity index (χ2v) is 4.20. The van der Waals surface area contributed by atoms with E-state index in [1.165, 1.54) is 6.92 Å². The Morgan fingerprint density at radius 3 is 2.20 bits per heavy atom. The van der Waals surface area contributed by atoms with Crippen LogP contribution < -0.4 is 5.32 Å². The van der Waals surface area contributed by atoms with Crippen LogP contribution in [0.15, 0.2) is 18.2 Å². The van der Waals surface area contributed by atoms with Crippen molar-refractivity contribution in [3.8, 4) is 0 Å². The Balaban J connectivity index is 2.74.